The van der Waals surface area contributed by atoms with Crippen LogP contribution in [0.15, 0.2) is 58.5 Å². The van der Waals surface area contributed by atoms with Gasteiger partial charge in [0.25, 0.3) is 5.91 Å². The van der Waals surface area contributed by atoms with Crippen molar-refractivity contribution in [3.8, 4) is 0 Å². The maximum atomic E-state index is 13.0. The molecule has 0 aliphatic heterocycles. The molecule has 0 unspecified atom stereocenters. The quantitative estimate of drug-likeness (QED) is 0.543. The largest absolute Gasteiger partial charge is 0.417 e. The molecule has 0 spiro atoms. The minimum Gasteiger partial charge on any atom is -0.267 e. The van der Waals surface area contributed by atoms with Crippen LogP contribution in [0, 0.1) is 0 Å². The SMILES string of the molecule is CCN(CC)S(=O)(=O)c1cccc(C(=O)NN=Cc2ccccc2C(F)(F)F)c1. The third-order valence-electron chi connectivity index (χ3n) is 4.08. The van der Waals surface area contributed by atoms with Crippen molar-refractivity contribution in [3.63, 3.8) is 0 Å². The molecule has 0 atom stereocenters. The molecular weight excluding hydrogens is 407 g/mol. The molecule has 0 aliphatic carbocycles. The second-order valence-corrected chi connectivity index (χ2v) is 7.84. The first-order valence-electron chi connectivity index (χ1n) is 8.71. The van der Waals surface area contributed by atoms with Gasteiger partial charge in [0.15, 0.2) is 0 Å². The molecule has 0 fully saturated rings. The standard InChI is InChI=1S/C19H20F3N3O3S/c1-3-25(4-2)29(27,28)16-10-7-9-14(12-16)18(26)24-23-13-15-8-5-6-11-17(15)19(20,21)22/h5-13H,3-4H2,1-2H3,(H,24,26). The smallest absolute Gasteiger partial charge is 0.267 e. The van der Waals surface area contributed by atoms with E-state index in [4.69, 9.17) is 0 Å². The molecule has 2 aromatic rings. The van der Waals surface area contributed by atoms with E-state index in [2.05, 4.69) is 10.5 Å². The van der Waals surface area contributed by atoms with Gasteiger partial charge in [-0.25, -0.2) is 13.8 Å². The van der Waals surface area contributed by atoms with Crippen molar-refractivity contribution >= 4 is 22.1 Å². The van der Waals surface area contributed by atoms with Crippen molar-refractivity contribution in [2.24, 2.45) is 5.10 Å². The van der Waals surface area contributed by atoms with Gasteiger partial charge in [0, 0.05) is 24.2 Å². The second-order valence-electron chi connectivity index (χ2n) is 5.90. The first-order chi connectivity index (χ1) is 13.6. The highest BCUT2D eigenvalue weighted by molar-refractivity contribution is 7.89. The van der Waals surface area contributed by atoms with E-state index in [1.807, 2.05) is 0 Å². The van der Waals surface area contributed by atoms with Gasteiger partial charge in [-0.15, -0.1) is 0 Å². The van der Waals surface area contributed by atoms with E-state index in [1.165, 1.54) is 46.8 Å². The highest BCUT2D eigenvalue weighted by Crippen LogP contribution is 2.31. The molecule has 0 saturated carbocycles. The van der Waals surface area contributed by atoms with Crippen LogP contribution >= 0.6 is 0 Å². The fourth-order valence-electron chi connectivity index (χ4n) is 2.60. The van der Waals surface area contributed by atoms with Crippen molar-refractivity contribution in [2.45, 2.75) is 24.9 Å². The lowest BCUT2D eigenvalue weighted by atomic mass is 10.1. The molecule has 29 heavy (non-hydrogen) atoms. The van der Waals surface area contributed by atoms with Crippen LogP contribution in [0.4, 0.5) is 13.2 Å². The van der Waals surface area contributed by atoms with Crippen LogP contribution in [0.25, 0.3) is 0 Å². The van der Waals surface area contributed by atoms with Gasteiger partial charge in [-0.1, -0.05) is 38.1 Å². The van der Waals surface area contributed by atoms with Gasteiger partial charge in [-0.3, -0.25) is 4.79 Å². The van der Waals surface area contributed by atoms with Crippen LogP contribution < -0.4 is 5.43 Å². The van der Waals surface area contributed by atoms with Crippen LogP contribution in [0.3, 0.4) is 0 Å². The number of sulfonamides is 1. The predicted octanol–water partition coefficient (Wildman–Crippen LogP) is 3.50. The van der Waals surface area contributed by atoms with Crippen LogP contribution in [0.1, 0.15) is 35.3 Å². The summed E-state index contributed by atoms with van der Waals surface area (Å²) in [6, 6.07) is 10.2. The van der Waals surface area contributed by atoms with Crippen molar-refractivity contribution in [1.29, 1.82) is 0 Å². The number of hydrogen-bond donors (Lipinski definition) is 1. The van der Waals surface area contributed by atoms with Gasteiger partial charge in [-0.05, 0) is 24.3 Å². The fraction of sp³-hybridized carbons (Fsp3) is 0.263. The minimum atomic E-state index is -4.56. The Balaban J connectivity index is 2.21. The van der Waals surface area contributed by atoms with Crippen molar-refractivity contribution in [2.75, 3.05) is 13.1 Å². The average molecular weight is 427 g/mol. The third-order valence-corrected chi connectivity index (χ3v) is 6.12. The second kappa shape index (κ2) is 9.19. The highest BCUT2D eigenvalue weighted by Gasteiger charge is 2.32. The Morgan fingerprint density at radius 3 is 2.38 bits per heavy atom. The van der Waals surface area contributed by atoms with Crippen LogP contribution in [-0.4, -0.2) is 37.9 Å². The molecule has 0 bridgehead atoms. The molecule has 10 heteroatoms. The van der Waals surface area contributed by atoms with E-state index in [0.717, 1.165) is 12.3 Å². The summed E-state index contributed by atoms with van der Waals surface area (Å²) in [6.45, 7) is 3.95. The Hall–Kier alpha value is -2.72. The van der Waals surface area contributed by atoms with E-state index in [1.54, 1.807) is 13.8 Å². The number of carbonyl (C=O) groups is 1. The summed E-state index contributed by atoms with van der Waals surface area (Å²) in [4.78, 5) is 12.2. The van der Waals surface area contributed by atoms with Gasteiger partial charge in [-0.2, -0.15) is 22.6 Å². The Labute approximate surface area is 167 Å². The minimum absolute atomic E-state index is 0.0134. The summed E-state index contributed by atoms with van der Waals surface area (Å²) in [7, 11) is -3.75. The Morgan fingerprint density at radius 1 is 1.10 bits per heavy atom. The van der Waals surface area contributed by atoms with Crippen molar-refractivity contribution < 1.29 is 26.4 Å². The number of halogens is 3. The lowest BCUT2D eigenvalue weighted by Crippen LogP contribution is -2.30. The molecule has 2 rings (SSSR count). The first kappa shape index (κ1) is 22.6. The summed E-state index contributed by atoms with van der Waals surface area (Å²) in [5.74, 6) is -0.748. The Bertz CT molecular complexity index is 1000. The molecule has 0 aromatic heterocycles. The van der Waals surface area contributed by atoms with E-state index in [-0.39, 0.29) is 29.1 Å². The Morgan fingerprint density at radius 2 is 1.76 bits per heavy atom. The summed E-state index contributed by atoms with van der Waals surface area (Å²) >= 11 is 0. The number of nitrogens with one attached hydrogen (secondary N) is 1. The van der Waals surface area contributed by atoms with E-state index >= 15 is 0 Å². The maximum Gasteiger partial charge on any atom is 0.417 e. The van der Waals surface area contributed by atoms with E-state index in [0.29, 0.717) is 0 Å². The first-order valence-corrected chi connectivity index (χ1v) is 10.1. The highest BCUT2D eigenvalue weighted by atomic mass is 32.2. The molecule has 6 nitrogen and oxygen atoms in total. The molecular formula is C19H20F3N3O3S. The zero-order valence-corrected chi connectivity index (χ0v) is 16.6. The fourth-order valence-corrected chi connectivity index (χ4v) is 4.11. The van der Waals surface area contributed by atoms with Crippen LogP contribution in [0.2, 0.25) is 0 Å². The number of rotatable bonds is 7. The monoisotopic (exact) mass is 427 g/mol. The molecule has 0 saturated heterocycles. The van der Waals surface area contributed by atoms with Crippen molar-refractivity contribution in [3.05, 3.63) is 65.2 Å². The molecule has 1 amide bonds. The van der Waals surface area contributed by atoms with Gasteiger partial charge >= 0.3 is 6.18 Å². The number of benzene rings is 2. The summed E-state index contributed by atoms with van der Waals surface area (Å²) in [6.07, 6.45) is -3.67. The number of amides is 1. The van der Waals surface area contributed by atoms with Gasteiger partial charge in [0.05, 0.1) is 16.7 Å². The van der Waals surface area contributed by atoms with Crippen LogP contribution in [0.5, 0.6) is 0 Å². The Kier molecular flexibility index (Phi) is 7.15. The normalized spacial score (nSPS) is 12.5. The number of nitrogens with zero attached hydrogens (tertiary/aromatic N) is 2. The topological polar surface area (TPSA) is 78.8 Å². The molecule has 0 aliphatic rings. The van der Waals surface area contributed by atoms with Crippen LogP contribution in [-0.2, 0) is 16.2 Å². The number of alkyl halides is 3. The average Bonchev–Trinajstić information content (AvgIpc) is 2.68. The summed E-state index contributed by atoms with van der Waals surface area (Å²) in [5, 5.41) is 3.57. The number of carbonyl (C=O) groups excluding carboxylic acids is 1. The molecule has 2 aromatic carbocycles. The summed E-state index contributed by atoms with van der Waals surface area (Å²) in [5.41, 5.74) is 1.04. The van der Waals surface area contributed by atoms with Gasteiger partial charge in [0.1, 0.15) is 0 Å². The lowest BCUT2D eigenvalue weighted by Gasteiger charge is -2.18. The summed E-state index contributed by atoms with van der Waals surface area (Å²) < 4.78 is 65.3. The molecule has 0 radical (unpaired) electrons. The molecule has 1 N–H and O–H groups in total. The van der Waals surface area contributed by atoms with E-state index < -0.39 is 27.7 Å². The number of hydrazone groups is 1. The molecule has 0 heterocycles. The maximum absolute atomic E-state index is 13.0. The molecule has 156 valence electrons. The predicted molar refractivity (Wildman–Crippen MR) is 103 cm³/mol. The van der Waals surface area contributed by atoms with Gasteiger partial charge < -0.3 is 0 Å². The van der Waals surface area contributed by atoms with Gasteiger partial charge in [0.2, 0.25) is 10.0 Å². The third kappa shape index (κ3) is 5.42. The zero-order chi connectivity index (χ0) is 21.7. The lowest BCUT2D eigenvalue weighted by molar-refractivity contribution is -0.137. The van der Waals surface area contributed by atoms with Crippen molar-refractivity contribution in [1.82, 2.24) is 9.73 Å². The van der Waals surface area contributed by atoms with E-state index in [9.17, 15) is 26.4 Å². The number of hydrogen-bond acceptors (Lipinski definition) is 4. The zero-order valence-electron chi connectivity index (χ0n) is 15.8.